The molecule has 1 N–H and O–H groups in total. The lowest BCUT2D eigenvalue weighted by Crippen LogP contribution is -2.41. The van der Waals surface area contributed by atoms with Gasteiger partial charge in [0.1, 0.15) is 5.76 Å². The van der Waals surface area contributed by atoms with Crippen LogP contribution in [0, 0.1) is 0 Å². The Balaban J connectivity index is 1.96. The zero-order valence-electron chi connectivity index (χ0n) is 11.9. The summed E-state index contributed by atoms with van der Waals surface area (Å²) in [5.41, 5.74) is 0. The van der Waals surface area contributed by atoms with Gasteiger partial charge in [0.15, 0.2) is 0 Å². The summed E-state index contributed by atoms with van der Waals surface area (Å²) in [5.74, 6) is 1.11. The Hall–Kier alpha value is -0.800. The Morgan fingerprint density at radius 1 is 1.39 bits per heavy atom. The predicted octanol–water partition coefficient (Wildman–Crippen LogP) is 3.19. The fourth-order valence-electron chi connectivity index (χ4n) is 3.20. The molecule has 1 unspecified atom stereocenters. The maximum Gasteiger partial charge on any atom is 0.120 e. The van der Waals surface area contributed by atoms with Crippen LogP contribution in [0.15, 0.2) is 22.8 Å². The maximum atomic E-state index is 5.59. The molecule has 0 amide bonds. The van der Waals surface area contributed by atoms with Gasteiger partial charge in [0.05, 0.1) is 12.3 Å². The van der Waals surface area contributed by atoms with Gasteiger partial charge >= 0.3 is 0 Å². The van der Waals surface area contributed by atoms with Crippen molar-refractivity contribution in [2.75, 3.05) is 14.1 Å². The summed E-state index contributed by atoms with van der Waals surface area (Å²) in [5, 5.41) is 3.40. The van der Waals surface area contributed by atoms with Crippen LogP contribution in [0.5, 0.6) is 0 Å². The van der Waals surface area contributed by atoms with Crippen LogP contribution in [0.4, 0.5) is 0 Å². The van der Waals surface area contributed by atoms with E-state index >= 15 is 0 Å². The number of hydrogen-bond acceptors (Lipinski definition) is 3. The standard InChI is InChI=1S/C15H26N2O/c1-4-14(15-6-5-11-18-15)17(3)13-9-7-12(16-2)8-10-13/h5-6,11-14,16H,4,7-10H2,1-3H3. The summed E-state index contributed by atoms with van der Waals surface area (Å²) in [7, 11) is 4.33. The van der Waals surface area contributed by atoms with Crippen molar-refractivity contribution in [3.63, 3.8) is 0 Å². The first-order valence-electron chi connectivity index (χ1n) is 7.18. The molecule has 1 atom stereocenters. The van der Waals surface area contributed by atoms with Gasteiger partial charge in [0.25, 0.3) is 0 Å². The van der Waals surface area contributed by atoms with Crippen LogP contribution < -0.4 is 5.32 Å². The molecule has 3 nitrogen and oxygen atoms in total. The molecule has 1 aromatic heterocycles. The quantitative estimate of drug-likeness (QED) is 0.870. The van der Waals surface area contributed by atoms with Crippen molar-refractivity contribution in [1.82, 2.24) is 10.2 Å². The van der Waals surface area contributed by atoms with Crippen molar-refractivity contribution in [2.45, 2.75) is 57.2 Å². The fraction of sp³-hybridized carbons (Fsp3) is 0.733. The molecule has 0 spiro atoms. The largest absolute Gasteiger partial charge is 0.468 e. The molecule has 1 aliphatic rings. The average Bonchev–Trinajstić information content (AvgIpc) is 2.93. The van der Waals surface area contributed by atoms with E-state index in [9.17, 15) is 0 Å². The molecule has 0 radical (unpaired) electrons. The molecule has 1 fully saturated rings. The van der Waals surface area contributed by atoms with Gasteiger partial charge in [-0.2, -0.15) is 0 Å². The van der Waals surface area contributed by atoms with Crippen LogP contribution in [0.1, 0.15) is 50.8 Å². The van der Waals surface area contributed by atoms with E-state index in [0.29, 0.717) is 12.1 Å². The highest BCUT2D eigenvalue weighted by Crippen LogP contribution is 2.31. The number of furan rings is 1. The topological polar surface area (TPSA) is 28.4 Å². The number of nitrogens with zero attached hydrogens (tertiary/aromatic N) is 1. The highest BCUT2D eigenvalue weighted by molar-refractivity contribution is 5.05. The van der Waals surface area contributed by atoms with Crippen molar-refractivity contribution in [3.8, 4) is 0 Å². The van der Waals surface area contributed by atoms with Gasteiger partial charge in [0.2, 0.25) is 0 Å². The van der Waals surface area contributed by atoms with Gasteiger partial charge in [-0.25, -0.2) is 0 Å². The summed E-state index contributed by atoms with van der Waals surface area (Å²) in [6.07, 6.45) is 8.05. The molecule has 1 aliphatic carbocycles. The van der Waals surface area contributed by atoms with E-state index < -0.39 is 0 Å². The minimum atomic E-state index is 0.427. The van der Waals surface area contributed by atoms with E-state index in [4.69, 9.17) is 4.42 Å². The first-order valence-corrected chi connectivity index (χ1v) is 7.18. The zero-order valence-corrected chi connectivity index (χ0v) is 11.9. The molecular weight excluding hydrogens is 224 g/mol. The zero-order chi connectivity index (χ0) is 13.0. The van der Waals surface area contributed by atoms with Gasteiger partial charge in [-0.15, -0.1) is 0 Å². The minimum Gasteiger partial charge on any atom is -0.468 e. The van der Waals surface area contributed by atoms with Crippen LogP contribution in [0.3, 0.4) is 0 Å². The van der Waals surface area contributed by atoms with Crippen molar-refractivity contribution in [2.24, 2.45) is 0 Å². The molecular formula is C15H26N2O. The SMILES string of the molecule is CCC(c1ccco1)N(C)C1CCC(NC)CC1. The Morgan fingerprint density at radius 3 is 2.61 bits per heavy atom. The third kappa shape index (κ3) is 2.96. The molecule has 2 rings (SSSR count). The summed E-state index contributed by atoms with van der Waals surface area (Å²) in [6, 6.07) is 5.94. The van der Waals surface area contributed by atoms with E-state index in [0.717, 1.165) is 18.2 Å². The lowest BCUT2D eigenvalue weighted by atomic mass is 9.89. The van der Waals surface area contributed by atoms with Crippen LogP contribution in [0.2, 0.25) is 0 Å². The van der Waals surface area contributed by atoms with Gasteiger partial charge in [0, 0.05) is 12.1 Å². The van der Waals surface area contributed by atoms with Gasteiger partial charge < -0.3 is 9.73 Å². The molecule has 0 aliphatic heterocycles. The Morgan fingerprint density at radius 2 is 2.11 bits per heavy atom. The van der Waals surface area contributed by atoms with Gasteiger partial charge in [-0.1, -0.05) is 6.92 Å². The smallest absolute Gasteiger partial charge is 0.120 e. The normalized spacial score (nSPS) is 26.4. The van der Waals surface area contributed by atoms with Crippen molar-refractivity contribution in [1.29, 1.82) is 0 Å². The molecule has 3 heteroatoms. The molecule has 0 bridgehead atoms. The second-order valence-corrected chi connectivity index (χ2v) is 5.40. The summed E-state index contributed by atoms with van der Waals surface area (Å²) in [4.78, 5) is 2.52. The Kier molecular flexibility index (Phi) is 4.84. The van der Waals surface area contributed by atoms with Gasteiger partial charge in [-0.05, 0) is 58.3 Å². The third-order valence-corrected chi connectivity index (χ3v) is 4.43. The van der Waals surface area contributed by atoms with E-state index in [-0.39, 0.29) is 0 Å². The fourth-order valence-corrected chi connectivity index (χ4v) is 3.20. The average molecular weight is 250 g/mol. The number of hydrogen-bond donors (Lipinski definition) is 1. The second kappa shape index (κ2) is 6.39. The summed E-state index contributed by atoms with van der Waals surface area (Å²) >= 11 is 0. The summed E-state index contributed by atoms with van der Waals surface area (Å²) < 4.78 is 5.59. The molecule has 0 saturated heterocycles. The Bertz CT molecular complexity index is 328. The lowest BCUT2D eigenvalue weighted by Gasteiger charge is -2.38. The van der Waals surface area contributed by atoms with E-state index in [1.807, 2.05) is 6.07 Å². The minimum absolute atomic E-state index is 0.427. The maximum absolute atomic E-state index is 5.59. The molecule has 18 heavy (non-hydrogen) atoms. The molecule has 1 aromatic rings. The van der Waals surface area contributed by atoms with E-state index in [1.165, 1.54) is 25.7 Å². The first kappa shape index (κ1) is 13.6. The highest BCUT2D eigenvalue weighted by Gasteiger charge is 2.28. The van der Waals surface area contributed by atoms with Crippen molar-refractivity contribution >= 4 is 0 Å². The molecule has 102 valence electrons. The van der Waals surface area contributed by atoms with Crippen LogP contribution in [-0.2, 0) is 0 Å². The number of nitrogens with one attached hydrogen (secondary N) is 1. The highest BCUT2D eigenvalue weighted by atomic mass is 16.3. The van der Waals surface area contributed by atoms with Crippen molar-refractivity contribution in [3.05, 3.63) is 24.2 Å². The number of rotatable bonds is 5. The second-order valence-electron chi connectivity index (χ2n) is 5.40. The lowest BCUT2D eigenvalue weighted by molar-refractivity contribution is 0.111. The van der Waals surface area contributed by atoms with E-state index in [2.05, 4.69) is 37.3 Å². The predicted molar refractivity (Wildman–Crippen MR) is 74.6 cm³/mol. The third-order valence-electron chi connectivity index (χ3n) is 4.43. The van der Waals surface area contributed by atoms with Gasteiger partial charge in [-0.3, -0.25) is 4.90 Å². The van der Waals surface area contributed by atoms with Crippen LogP contribution >= 0.6 is 0 Å². The molecule has 1 saturated carbocycles. The molecule has 0 aromatic carbocycles. The molecule has 1 heterocycles. The van der Waals surface area contributed by atoms with Crippen molar-refractivity contribution < 1.29 is 4.42 Å². The van der Waals surface area contributed by atoms with Crippen LogP contribution in [-0.4, -0.2) is 31.1 Å². The van der Waals surface area contributed by atoms with Crippen LogP contribution in [0.25, 0.3) is 0 Å². The summed E-state index contributed by atoms with van der Waals surface area (Å²) in [6.45, 7) is 2.24. The van der Waals surface area contributed by atoms with E-state index in [1.54, 1.807) is 6.26 Å². The first-order chi connectivity index (χ1) is 8.76. The monoisotopic (exact) mass is 250 g/mol. The Labute approximate surface area is 111 Å².